The number of amides is 1. The van der Waals surface area contributed by atoms with E-state index in [1.54, 1.807) is 31.2 Å². The quantitative estimate of drug-likeness (QED) is 0.488. The minimum atomic E-state index is -3.62. The van der Waals surface area contributed by atoms with Gasteiger partial charge in [0.2, 0.25) is 15.9 Å². The average Bonchev–Trinajstić information content (AvgIpc) is 2.40. The summed E-state index contributed by atoms with van der Waals surface area (Å²) in [6.07, 6.45) is 0. The van der Waals surface area contributed by atoms with Gasteiger partial charge in [-0.05, 0) is 24.6 Å². The van der Waals surface area contributed by atoms with Crippen LogP contribution in [0, 0.1) is 0 Å². The van der Waals surface area contributed by atoms with E-state index in [0.29, 0.717) is 12.3 Å². The molecule has 8 heteroatoms. The van der Waals surface area contributed by atoms with E-state index >= 15 is 0 Å². The maximum absolute atomic E-state index is 12.2. The zero-order valence-corrected chi connectivity index (χ0v) is 12.8. The lowest BCUT2D eigenvalue weighted by Gasteiger charge is -2.21. The fourth-order valence-electron chi connectivity index (χ4n) is 1.69. The summed E-state index contributed by atoms with van der Waals surface area (Å²) >= 11 is 0. The maximum Gasteiger partial charge on any atom is 0.232 e. The molecule has 0 unspecified atom stereocenters. The van der Waals surface area contributed by atoms with E-state index in [9.17, 15) is 13.2 Å². The minimum absolute atomic E-state index is 0.0671. The average molecular weight is 315 g/mol. The summed E-state index contributed by atoms with van der Waals surface area (Å²) < 4.78 is 30.6. The van der Waals surface area contributed by atoms with Crippen molar-refractivity contribution in [2.75, 3.05) is 31.2 Å². The van der Waals surface area contributed by atoms with Gasteiger partial charge < -0.3 is 16.2 Å². The highest BCUT2D eigenvalue weighted by molar-refractivity contribution is 7.89. The van der Waals surface area contributed by atoms with Crippen LogP contribution in [0.3, 0.4) is 0 Å². The zero-order chi connectivity index (χ0) is 15.9. The number of primary amides is 1. The van der Waals surface area contributed by atoms with Crippen LogP contribution in [0.1, 0.15) is 12.5 Å². The second-order valence-electron chi connectivity index (χ2n) is 4.49. The van der Waals surface area contributed by atoms with E-state index in [0.717, 1.165) is 9.87 Å². The molecule has 0 aromatic heterocycles. The number of rotatable bonds is 9. The van der Waals surface area contributed by atoms with Gasteiger partial charge in [0.15, 0.2) is 0 Å². The van der Waals surface area contributed by atoms with Crippen molar-refractivity contribution in [1.29, 1.82) is 0 Å². The molecule has 0 saturated heterocycles. The van der Waals surface area contributed by atoms with Gasteiger partial charge in [-0.1, -0.05) is 12.1 Å². The lowest BCUT2D eigenvalue weighted by atomic mass is 10.2. The van der Waals surface area contributed by atoms with E-state index < -0.39 is 15.9 Å². The molecule has 0 spiro atoms. The Kier molecular flexibility index (Phi) is 6.60. The summed E-state index contributed by atoms with van der Waals surface area (Å²) in [5, 5.41) is 0. The number of ether oxygens (including phenoxy) is 1. The maximum atomic E-state index is 12.2. The molecule has 0 bridgehead atoms. The molecule has 0 heterocycles. The molecule has 0 aliphatic rings. The van der Waals surface area contributed by atoms with Gasteiger partial charge in [0, 0.05) is 18.8 Å². The number of anilines is 1. The smallest absolute Gasteiger partial charge is 0.232 e. The van der Waals surface area contributed by atoms with Crippen LogP contribution in [0.15, 0.2) is 24.3 Å². The first-order chi connectivity index (χ1) is 9.85. The van der Waals surface area contributed by atoms with Crippen molar-refractivity contribution < 1.29 is 17.9 Å². The third-order valence-corrected chi connectivity index (χ3v) is 4.48. The van der Waals surface area contributed by atoms with E-state index in [2.05, 4.69) is 0 Å². The van der Waals surface area contributed by atoms with Gasteiger partial charge >= 0.3 is 0 Å². The Morgan fingerprint density at radius 2 is 1.90 bits per heavy atom. The molecule has 0 radical (unpaired) electrons. The molecular weight excluding hydrogens is 294 g/mol. The molecule has 0 saturated carbocycles. The van der Waals surface area contributed by atoms with Crippen molar-refractivity contribution in [3.05, 3.63) is 29.8 Å². The highest BCUT2D eigenvalue weighted by Crippen LogP contribution is 2.12. The number of benzene rings is 1. The fraction of sp³-hybridized carbons (Fsp3) is 0.462. The predicted octanol–water partition coefficient (Wildman–Crippen LogP) is -0.0776. The SMILES string of the molecule is CCOCCS(=O)(=O)N(CC(N)=O)Cc1ccc(N)cc1. The Hall–Kier alpha value is -1.64. The van der Waals surface area contributed by atoms with E-state index in [1.807, 2.05) is 0 Å². The molecule has 0 atom stereocenters. The molecule has 4 N–H and O–H groups in total. The van der Waals surface area contributed by atoms with Crippen LogP contribution in [0.25, 0.3) is 0 Å². The molecule has 0 fully saturated rings. The van der Waals surface area contributed by atoms with Gasteiger partial charge in [0.25, 0.3) is 0 Å². The summed E-state index contributed by atoms with van der Waals surface area (Å²) in [6, 6.07) is 6.76. The predicted molar refractivity (Wildman–Crippen MR) is 80.7 cm³/mol. The van der Waals surface area contributed by atoms with Gasteiger partial charge in [-0.25, -0.2) is 8.42 Å². The summed E-state index contributed by atoms with van der Waals surface area (Å²) in [5.41, 5.74) is 12.0. The number of nitrogens with two attached hydrogens (primary N) is 2. The zero-order valence-electron chi connectivity index (χ0n) is 12.0. The van der Waals surface area contributed by atoms with E-state index in [1.165, 1.54) is 0 Å². The Morgan fingerprint density at radius 3 is 2.43 bits per heavy atom. The third kappa shape index (κ3) is 6.11. The van der Waals surface area contributed by atoms with Crippen molar-refractivity contribution in [1.82, 2.24) is 4.31 Å². The normalized spacial score (nSPS) is 11.7. The van der Waals surface area contributed by atoms with Gasteiger partial charge in [-0.2, -0.15) is 4.31 Å². The minimum Gasteiger partial charge on any atom is -0.399 e. The molecular formula is C13H21N3O4S. The summed E-state index contributed by atoms with van der Waals surface area (Å²) in [4.78, 5) is 11.1. The molecule has 1 amide bonds. The molecule has 1 aromatic carbocycles. The van der Waals surface area contributed by atoms with Crippen molar-refractivity contribution in [3.8, 4) is 0 Å². The lowest BCUT2D eigenvalue weighted by molar-refractivity contribution is -0.118. The molecule has 0 aliphatic carbocycles. The standard InChI is InChI=1S/C13H21N3O4S/c1-2-20-7-8-21(18,19)16(10-13(15)17)9-11-3-5-12(14)6-4-11/h3-6H,2,7-10,14H2,1H3,(H2,15,17). The highest BCUT2D eigenvalue weighted by Gasteiger charge is 2.23. The topological polar surface area (TPSA) is 116 Å². The molecule has 7 nitrogen and oxygen atoms in total. The Labute approximate surface area is 124 Å². The molecule has 21 heavy (non-hydrogen) atoms. The summed E-state index contributed by atoms with van der Waals surface area (Å²) in [7, 11) is -3.62. The van der Waals surface area contributed by atoms with E-state index in [-0.39, 0.29) is 25.4 Å². The summed E-state index contributed by atoms with van der Waals surface area (Å²) in [5.74, 6) is -0.895. The number of sulfonamides is 1. The van der Waals surface area contributed by atoms with Crippen LogP contribution in [-0.4, -0.2) is 44.1 Å². The van der Waals surface area contributed by atoms with Crippen molar-refractivity contribution in [2.24, 2.45) is 5.73 Å². The van der Waals surface area contributed by atoms with Gasteiger partial charge in [0.1, 0.15) is 0 Å². The Morgan fingerprint density at radius 1 is 1.29 bits per heavy atom. The van der Waals surface area contributed by atoms with Gasteiger partial charge in [0.05, 0.1) is 18.9 Å². The lowest BCUT2D eigenvalue weighted by Crippen LogP contribution is -2.40. The number of carbonyl (C=O) groups excluding carboxylic acids is 1. The first-order valence-corrected chi connectivity index (χ1v) is 8.14. The van der Waals surface area contributed by atoms with Crippen LogP contribution in [-0.2, 0) is 26.1 Å². The van der Waals surface area contributed by atoms with Crippen LogP contribution < -0.4 is 11.5 Å². The second-order valence-corrected chi connectivity index (χ2v) is 6.58. The third-order valence-electron chi connectivity index (χ3n) is 2.75. The van der Waals surface area contributed by atoms with E-state index in [4.69, 9.17) is 16.2 Å². The number of hydrogen-bond donors (Lipinski definition) is 2. The molecule has 118 valence electrons. The molecule has 1 rings (SSSR count). The van der Waals surface area contributed by atoms with Crippen molar-refractivity contribution in [3.63, 3.8) is 0 Å². The van der Waals surface area contributed by atoms with Gasteiger partial charge in [-0.3, -0.25) is 4.79 Å². The number of nitrogens with zero attached hydrogens (tertiary/aromatic N) is 1. The van der Waals surface area contributed by atoms with Crippen LogP contribution in [0.2, 0.25) is 0 Å². The monoisotopic (exact) mass is 315 g/mol. The first-order valence-electron chi connectivity index (χ1n) is 6.53. The van der Waals surface area contributed by atoms with Crippen LogP contribution in [0.4, 0.5) is 5.69 Å². The number of hydrogen-bond acceptors (Lipinski definition) is 5. The molecule has 1 aromatic rings. The number of carbonyl (C=O) groups is 1. The number of nitrogen functional groups attached to an aromatic ring is 1. The summed E-state index contributed by atoms with van der Waals surface area (Å²) in [6.45, 7) is 2.00. The largest absolute Gasteiger partial charge is 0.399 e. The van der Waals surface area contributed by atoms with Crippen molar-refractivity contribution in [2.45, 2.75) is 13.5 Å². The highest BCUT2D eigenvalue weighted by atomic mass is 32.2. The fourth-order valence-corrected chi connectivity index (χ4v) is 2.95. The van der Waals surface area contributed by atoms with Gasteiger partial charge in [-0.15, -0.1) is 0 Å². The van der Waals surface area contributed by atoms with Crippen LogP contribution >= 0.6 is 0 Å². The Balaban J connectivity index is 2.84. The van der Waals surface area contributed by atoms with Crippen LogP contribution in [0.5, 0.6) is 0 Å². The second kappa shape index (κ2) is 7.96. The first kappa shape index (κ1) is 17.4. The molecule has 0 aliphatic heterocycles. The Bertz CT molecular complexity index is 557. The van der Waals surface area contributed by atoms with Crippen molar-refractivity contribution >= 4 is 21.6 Å².